The molecule has 2 aromatic rings. The van der Waals surface area contributed by atoms with Gasteiger partial charge in [-0.05, 0) is 36.5 Å². The van der Waals surface area contributed by atoms with Gasteiger partial charge in [-0.2, -0.15) is 0 Å². The number of aromatic nitrogens is 1. The lowest BCUT2D eigenvalue weighted by molar-refractivity contribution is 0.588. The summed E-state index contributed by atoms with van der Waals surface area (Å²) in [6.07, 6.45) is 3.19. The van der Waals surface area contributed by atoms with Crippen LogP contribution in [0.2, 0.25) is 0 Å². The Hall–Kier alpha value is -1.48. The molecule has 0 atom stereocenters. The van der Waals surface area contributed by atoms with Crippen LogP contribution in [0.1, 0.15) is 37.1 Å². The third-order valence-electron chi connectivity index (χ3n) is 3.80. The zero-order valence-electron chi connectivity index (χ0n) is 11.5. The third kappa shape index (κ3) is 2.23. The average Bonchev–Trinajstić information content (AvgIpc) is 2.83. The summed E-state index contributed by atoms with van der Waals surface area (Å²) in [5.41, 5.74) is 4.21. The molecule has 0 amide bonds. The molecule has 0 radical (unpaired) electrons. The van der Waals surface area contributed by atoms with Gasteiger partial charge in [-0.25, -0.2) is 9.37 Å². The van der Waals surface area contributed by atoms with Gasteiger partial charge in [0.25, 0.3) is 0 Å². The lowest BCUT2D eigenvalue weighted by atomic mass is 10.0. The number of rotatable bonds is 3. The highest BCUT2D eigenvalue weighted by atomic mass is 19.1. The number of para-hydroxylation sites is 1. The maximum Gasteiger partial charge on any atom is 0.149 e. The predicted octanol–water partition coefficient (Wildman–Crippen LogP) is 3.36. The van der Waals surface area contributed by atoms with E-state index in [0.717, 1.165) is 36.9 Å². The number of fused-ring (bicyclic) bond motifs is 2. The first-order chi connectivity index (χ1) is 9.16. The predicted molar refractivity (Wildman–Crippen MR) is 75.7 cm³/mol. The molecule has 1 aliphatic carbocycles. The van der Waals surface area contributed by atoms with Crippen molar-refractivity contribution in [2.45, 2.75) is 45.7 Å². The van der Waals surface area contributed by atoms with Crippen LogP contribution >= 0.6 is 0 Å². The molecule has 0 unspecified atom stereocenters. The van der Waals surface area contributed by atoms with Crippen LogP contribution in [0.5, 0.6) is 0 Å². The van der Waals surface area contributed by atoms with Gasteiger partial charge in [-0.3, -0.25) is 0 Å². The molecule has 0 fully saturated rings. The Morgan fingerprint density at radius 3 is 2.95 bits per heavy atom. The van der Waals surface area contributed by atoms with E-state index in [1.54, 1.807) is 6.07 Å². The number of pyridine rings is 1. The standard InChI is InChI=1S/C16H19FN2/c1-10(2)18-9-13-11-5-4-8-15(11)19-16-12(13)6-3-7-14(16)17/h3,6-7,10,18H,4-5,8-9H2,1-2H3. The normalized spacial score (nSPS) is 14.3. The summed E-state index contributed by atoms with van der Waals surface area (Å²) < 4.78 is 14.0. The van der Waals surface area contributed by atoms with Crippen molar-refractivity contribution in [3.8, 4) is 0 Å². The lowest BCUT2D eigenvalue weighted by Gasteiger charge is -2.15. The minimum Gasteiger partial charge on any atom is -0.310 e. The molecule has 0 saturated heterocycles. The van der Waals surface area contributed by atoms with Crippen molar-refractivity contribution in [2.75, 3.05) is 0 Å². The summed E-state index contributed by atoms with van der Waals surface area (Å²) in [7, 11) is 0. The molecule has 0 aliphatic heterocycles. The molecule has 3 rings (SSSR count). The molecule has 0 spiro atoms. The zero-order valence-corrected chi connectivity index (χ0v) is 11.5. The van der Waals surface area contributed by atoms with Crippen LogP contribution in [0.15, 0.2) is 18.2 Å². The number of halogens is 1. The van der Waals surface area contributed by atoms with E-state index in [4.69, 9.17) is 0 Å². The van der Waals surface area contributed by atoms with Gasteiger partial charge in [-0.15, -0.1) is 0 Å². The van der Waals surface area contributed by atoms with Crippen molar-refractivity contribution in [1.29, 1.82) is 0 Å². The number of hydrogen-bond donors (Lipinski definition) is 1. The summed E-state index contributed by atoms with van der Waals surface area (Å²) >= 11 is 0. The Balaban J connectivity index is 2.18. The largest absolute Gasteiger partial charge is 0.310 e. The van der Waals surface area contributed by atoms with E-state index in [1.807, 2.05) is 6.07 Å². The first-order valence-electron chi connectivity index (χ1n) is 6.99. The Labute approximate surface area is 113 Å². The number of aryl methyl sites for hydroxylation is 1. The molecule has 1 heterocycles. The second kappa shape index (κ2) is 4.89. The van der Waals surface area contributed by atoms with Crippen LogP contribution in [0, 0.1) is 5.82 Å². The highest BCUT2D eigenvalue weighted by Crippen LogP contribution is 2.30. The highest BCUT2D eigenvalue weighted by molar-refractivity contribution is 5.84. The zero-order chi connectivity index (χ0) is 13.4. The summed E-state index contributed by atoms with van der Waals surface area (Å²) in [6.45, 7) is 5.05. The smallest absolute Gasteiger partial charge is 0.149 e. The van der Waals surface area contributed by atoms with Gasteiger partial charge in [0.15, 0.2) is 0 Å². The number of benzene rings is 1. The molecule has 1 aliphatic rings. The Morgan fingerprint density at radius 1 is 1.32 bits per heavy atom. The second-order valence-corrected chi connectivity index (χ2v) is 5.54. The number of nitrogens with one attached hydrogen (secondary N) is 1. The molecule has 1 N–H and O–H groups in total. The van der Waals surface area contributed by atoms with Crippen molar-refractivity contribution in [2.24, 2.45) is 0 Å². The van der Waals surface area contributed by atoms with E-state index >= 15 is 0 Å². The van der Waals surface area contributed by atoms with Gasteiger partial charge >= 0.3 is 0 Å². The number of nitrogens with zero attached hydrogens (tertiary/aromatic N) is 1. The van der Waals surface area contributed by atoms with Gasteiger partial charge in [0, 0.05) is 23.7 Å². The lowest BCUT2D eigenvalue weighted by Crippen LogP contribution is -2.23. The van der Waals surface area contributed by atoms with Crippen LogP contribution in [-0.4, -0.2) is 11.0 Å². The van der Waals surface area contributed by atoms with E-state index in [9.17, 15) is 4.39 Å². The van der Waals surface area contributed by atoms with E-state index in [2.05, 4.69) is 24.1 Å². The van der Waals surface area contributed by atoms with E-state index in [0.29, 0.717) is 11.6 Å². The van der Waals surface area contributed by atoms with Gasteiger partial charge < -0.3 is 5.32 Å². The SMILES string of the molecule is CC(C)NCc1c2c(nc3c(F)cccc13)CCC2. The van der Waals surface area contributed by atoms with Crippen LogP contribution in [0.3, 0.4) is 0 Å². The van der Waals surface area contributed by atoms with Crippen molar-refractivity contribution in [3.05, 3.63) is 40.8 Å². The van der Waals surface area contributed by atoms with Crippen LogP contribution in [0.4, 0.5) is 4.39 Å². The van der Waals surface area contributed by atoms with E-state index < -0.39 is 0 Å². The fourth-order valence-electron chi connectivity index (χ4n) is 2.85. The average molecular weight is 258 g/mol. The Kier molecular flexibility index (Phi) is 3.23. The quantitative estimate of drug-likeness (QED) is 0.913. The van der Waals surface area contributed by atoms with Crippen LogP contribution in [-0.2, 0) is 19.4 Å². The van der Waals surface area contributed by atoms with Gasteiger partial charge in [0.1, 0.15) is 11.3 Å². The summed E-state index contributed by atoms with van der Waals surface area (Å²) in [5, 5.41) is 4.42. The van der Waals surface area contributed by atoms with Crippen LogP contribution in [0.25, 0.3) is 10.9 Å². The molecule has 0 bridgehead atoms. The highest BCUT2D eigenvalue weighted by Gasteiger charge is 2.20. The maximum atomic E-state index is 14.0. The first kappa shape index (κ1) is 12.5. The maximum absolute atomic E-state index is 14.0. The summed E-state index contributed by atoms with van der Waals surface area (Å²) in [4.78, 5) is 4.54. The Morgan fingerprint density at radius 2 is 2.16 bits per heavy atom. The fraction of sp³-hybridized carbons (Fsp3) is 0.438. The molecule has 3 heteroatoms. The van der Waals surface area contributed by atoms with Crippen molar-refractivity contribution >= 4 is 10.9 Å². The fourth-order valence-corrected chi connectivity index (χ4v) is 2.85. The van der Waals surface area contributed by atoms with E-state index in [-0.39, 0.29) is 5.82 Å². The second-order valence-electron chi connectivity index (χ2n) is 5.54. The Bertz CT molecular complexity index is 620. The van der Waals surface area contributed by atoms with Gasteiger partial charge in [-0.1, -0.05) is 26.0 Å². The van der Waals surface area contributed by atoms with Crippen molar-refractivity contribution in [3.63, 3.8) is 0 Å². The van der Waals surface area contributed by atoms with Gasteiger partial charge in [0.05, 0.1) is 0 Å². The minimum absolute atomic E-state index is 0.210. The molecule has 1 aromatic heterocycles. The number of hydrogen-bond acceptors (Lipinski definition) is 2. The van der Waals surface area contributed by atoms with E-state index in [1.165, 1.54) is 17.2 Å². The molecule has 1 aromatic carbocycles. The topological polar surface area (TPSA) is 24.9 Å². The molecular weight excluding hydrogens is 239 g/mol. The van der Waals surface area contributed by atoms with Crippen molar-refractivity contribution in [1.82, 2.24) is 10.3 Å². The van der Waals surface area contributed by atoms with Crippen molar-refractivity contribution < 1.29 is 4.39 Å². The monoisotopic (exact) mass is 258 g/mol. The molecular formula is C16H19FN2. The third-order valence-corrected chi connectivity index (χ3v) is 3.80. The summed E-state index contributed by atoms with van der Waals surface area (Å²) in [5.74, 6) is -0.210. The van der Waals surface area contributed by atoms with Gasteiger partial charge in [0.2, 0.25) is 0 Å². The molecule has 0 saturated carbocycles. The summed E-state index contributed by atoms with van der Waals surface area (Å²) in [6, 6.07) is 5.69. The molecule has 2 nitrogen and oxygen atoms in total. The molecule has 100 valence electrons. The minimum atomic E-state index is -0.210. The first-order valence-corrected chi connectivity index (χ1v) is 6.99. The molecule has 19 heavy (non-hydrogen) atoms. The van der Waals surface area contributed by atoms with Crippen LogP contribution < -0.4 is 5.32 Å².